The first-order chi connectivity index (χ1) is 20.8. The highest BCUT2D eigenvalue weighted by Gasteiger charge is 2.18. The summed E-state index contributed by atoms with van der Waals surface area (Å²) in [5.74, 6) is 1.59. The zero-order valence-electron chi connectivity index (χ0n) is 28.2. The highest BCUT2D eigenvalue weighted by atomic mass is 16.1. The van der Waals surface area contributed by atoms with Crippen molar-refractivity contribution in [1.82, 2.24) is 0 Å². The predicted molar refractivity (Wildman–Crippen MR) is 183 cm³/mol. The molecular weight excluding hydrogens is 516 g/mol. The molecule has 0 aromatic heterocycles. The van der Waals surface area contributed by atoms with Crippen LogP contribution in [0.25, 0.3) is 0 Å². The smallest absolute Gasteiger partial charge is 0.211 e. The Balaban J connectivity index is 4.82. The van der Waals surface area contributed by atoms with E-state index in [0.717, 1.165) is 24.7 Å². The van der Waals surface area contributed by atoms with Gasteiger partial charge in [0.2, 0.25) is 12.2 Å². The molecule has 0 aliphatic rings. The Morgan fingerprint density at radius 2 is 0.857 bits per heavy atom. The summed E-state index contributed by atoms with van der Waals surface area (Å²) in [6.45, 7) is 5.89. The molecule has 0 aromatic rings. The van der Waals surface area contributed by atoms with Gasteiger partial charge < -0.3 is 0 Å². The van der Waals surface area contributed by atoms with Gasteiger partial charge >= 0.3 is 0 Å². The molecule has 0 amide bonds. The van der Waals surface area contributed by atoms with Gasteiger partial charge in [-0.15, -0.1) is 0 Å². The van der Waals surface area contributed by atoms with E-state index in [0.29, 0.717) is 13.1 Å². The molecule has 0 aliphatic heterocycles. The molecule has 0 bridgehead atoms. The van der Waals surface area contributed by atoms with Crippen LogP contribution >= 0.6 is 0 Å². The summed E-state index contributed by atoms with van der Waals surface area (Å²) >= 11 is 0. The number of isocyanates is 2. The second kappa shape index (κ2) is 35.7. The fourth-order valence-electron chi connectivity index (χ4n) is 6.24. The maximum Gasteiger partial charge on any atom is 0.234 e. The van der Waals surface area contributed by atoms with E-state index in [1.807, 2.05) is 0 Å². The number of hydrogen-bond donors (Lipinski definition) is 0. The van der Waals surface area contributed by atoms with Crippen LogP contribution in [0.3, 0.4) is 0 Å². The van der Waals surface area contributed by atoms with Crippen LogP contribution in [-0.4, -0.2) is 25.2 Å². The number of hydrogen-bond acceptors (Lipinski definition) is 4. The van der Waals surface area contributed by atoms with Gasteiger partial charge in [-0.25, -0.2) is 19.6 Å². The van der Waals surface area contributed by atoms with Gasteiger partial charge in [-0.1, -0.05) is 161 Å². The third kappa shape index (κ3) is 30.0. The lowest BCUT2D eigenvalue weighted by Gasteiger charge is -2.26. The minimum atomic E-state index is 0.644. The topological polar surface area (TPSA) is 58.9 Å². The van der Waals surface area contributed by atoms with Crippen molar-refractivity contribution >= 4 is 12.2 Å². The highest BCUT2D eigenvalue weighted by molar-refractivity contribution is 5.32. The van der Waals surface area contributed by atoms with Gasteiger partial charge in [0.05, 0.1) is 13.1 Å². The number of nitrogens with zero attached hydrogens (tertiary/aromatic N) is 2. The lowest BCUT2D eigenvalue weighted by molar-refractivity contribution is 0.300. The average Bonchev–Trinajstić information content (AvgIpc) is 3.00. The monoisotopic (exact) mass is 587 g/mol. The maximum atomic E-state index is 10.2. The molecule has 2 atom stereocenters. The zero-order chi connectivity index (χ0) is 30.6. The minimum Gasteiger partial charge on any atom is -0.211 e. The van der Waals surface area contributed by atoms with Crippen molar-refractivity contribution in [1.29, 1.82) is 0 Å². The molecule has 0 rings (SSSR count). The van der Waals surface area contributed by atoms with E-state index < -0.39 is 0 Å². The standard InChI is InChI=1S/C38H70N2O2/c1-3-5-7-9-12-18-24-30-38(32-26-20-14-16-22-28-34-40-36-42)37(29-23-17-10-8-6-4-2)31-25-19-13-11-15-21-27-33-39-35-41/h24,30,37-38H,3-23,25-29,31-34H2,1-2H3/b30-24+. The Hall–Kier alpha value is -1.50. The Bertz CT molecular complexity index is 664. The number of allylic oxidation sites excluding steroid dienone is 2. The van der Waals surface area contributed by atoms with E-state index in [1.54, 1.807) is 12.2 Å². The molecule has 0 heterocycles. The molecule has 0 saturated carbocycles. The van der Waals surface area contributed by atoms with Gasteiger partial charge in [0.25, 0.3) is 0 Å². The fourth-order valence-corrected chi connectivity index (χ4v) is 6.24. The fraction of sp³-hybridized carbons (Fsp3) is 0.895. The molecule has 42 heavy (non-hydrogen) atoms. The SMILES string of the molecule is CCCCCCC/C=C/C(CCCCCCCCN=C=O)C(CCCCCCCC)CCCCCCCCCN=C=O. The summed E-state index contributed by atoms with van der Waals surface area (Å²) in [5.41, 5.74) is 0. The first-order valence-electron chi connectivity index (χ1n) is 18.5. The zero-order valence-corrected chi connectivity index (χ0v) is 28.2. The normalized spacial score (nSPS) is 12.7. The molecular formula is C38H70N2O2. The second-order valence-corrected chi connectivity index (χ2v) is 12.7. The Morgan fingerprint density at radius 1 is 0.476 bits per heavy atom. The third-order valence-electron chi connectivity index (χ3n) is 8.92. The Labute approximate surface area is 262 Å². The Morgan fingerprint density at radius 3 is 1.31 bits per heavy atom. The van der Waals surface area contributed by atoms with Crippen LogP contribution in [0.15, 0.2) is 22.1 Å². The molecule has 0 N–H and O–H groups in total. The van der Waals surface area contributed by atoms with Crippen LogP contribution in [0.1, 0.15) is 194 Å². The van der Waals surface area contributed by atoms with E-state index in [4.69, 9.17) is 0 Å². The lowest BCUT2D eigenvalue weighted by atomic mass is 9.80. The van der Waals surface area contributed by atoms with Gasteiger partial charge in [-0.3, -0.25) is 0 Å². The molecule has 244 valence electrons. The molecule has 4 nitrogen and oxygen atoms in total. The maximum absolute atomic E-state index is 10.2. The summed E-state index contributed by atoms with van der Waals surface area (Å²) in [5, 5.41) is 0. The summed E-state index contributed by atoms with van der Waals surface area (Å²) in [7, 11) is 0. The first-order valence-corrected chi connectivity index (χ1v) is 18.5. The number of carbonyl (C=O) groups excluding carboxylic acids is 2. The summed E-state index contributed by atoms with van der Waals surface area (Å²) in [6, 6.07) is 0. The predicted octanol–water partition coefficient (Wildman–Crippen LogP) is 12.4. The minimum absolute atomic E-state index is 0.644. The Kier molecular flexibility index (Phi) is 34.4. The van der Waals surface area contributed by atoms with Crippen molar-refractivity contribution in [2.45, 2.75) is 194 Å². The van der Waals surface area contributed by atoms with E-state index in [9.17, 15) is 9.59 Å². The van der Waals surface area contributed by atoms with Gasteiger partial charge in [0.1, 0.15) is 0 Å². The van der Waals surface area contributed by atoms with Crippen molar-refractivity contribution < 1.29 is 9.59 Å². The molecule has 4 heteroatoms. The molecule has 0 saturated heterocycles. The van der Waals surface area contributed by atoms with E-state index >= 15 is 0 Å². The van der Waals surface area contributed by atoms with Gasteiger partial charge in [-0.05, 0) is 56.8 Å². The van der Waals surface area contributed by atoms with Crippen LogP contribution in [0.2, 0.25) is 0 Å². The largest absolute Gasteiger partial charge is 0.234 e. The van der Waals surface area contributed by atoms with Crippen molar-refractivity contribution in [2.24, 2.45) is 21.8 Å². The number of rotatable bonds is 34. The van der Waals surface area contributed by atoms with E-state index in [1.165, 1.54) is 167 Å². The van der Waals surface area contributed by atoms with Crippen molar-refractivity contribution in [3.05, 3.63) is 12.2 Å². The van der Waals surface area contributed by atoms with Crippen molar-refractivity contribution in [2.75, 3.05) is 13.1 Å². The first kappa shape index (κ1) is 40.5. The van der Waals surface area contributed by atoms with Gasteiger partial charge in [-0.2, -0.15) is 0 Å². The van der Waals surface area contributed by atoms with Crippen LogP contribution < -0.4 is 0 Å². The summed E-state index contributed by atoms with van der Waals surface area (Å²) in [4.78, 5) is 27.8. The number of unbranched alkanes of at least 4 members (excludes halogenated alkanes) is 21. The molecule has 0 radical (unpaired) electrons. The van der Waals surface area contributed by atoms with Crippen LogP contribution in [0.4, 0.5) is 0 Å². The lowest BCUT2D eigenvalue weighted by Crippen LogP contribution is -2.14. The second-order valence-electron chi connectivity index (χ2n) is 12.7. The van der Waals surface area contributed by atoms with Crippen LogP contribution in [-0.2, 0) is 9.59 Å². The average molecular weight is 587 g/mol. The van der Waals surface area contributed by atoms with Crippen molar-refractivity contribution in [3.63, 3.8) is 0 Å². The van der Waals surface area contributed by atoms with Gasteiger partial charge in [0, 0.05) is 0 Å². The molecule has 0 fully saturated rings. The molecule has 0 spiro atoms. The number of aliphatic imine (C=N–C) groups is 2. The van der Waals surface area contributed by atoms with E-state index in [-0.39, 0.29) is 0 Å². The van der Waals surface area contributed by atoms with Crippen molar-refractivity contribution in [3.8, 4) is 0 Å². The van der Waals surface area contributed by atoms with Crippen LogP contribution in [0, 0.1) is 11.8 Å². The van der Waals surface area contributed by atoms with E-state index in [2.05, 4.69) is 36.0 Å². The highest BCUT2D eigenvalue weighted by Crippen LogP contribution is 2.31. The van der Waals surface area contributed by atoms with Gasteiger partial charge in [0.15, 0.2) is 0 Å². The molecule has 0 aromatic carbocycles. The van der Waals surface area contributed by atoms with Crippen LogP contribution in [0.5, 0.6) is 0 Å². The third-order valence-corrected chi connectivity index (χ3v) is 8.92. The molecule has 2 unspecified atom stereocenters. The quantitative estimate of drug-likeness (QED) is 0.0326. The summed E-state index contributed by atoms with van der Waals surface area (Å²) in [6.07, 6.45) is 45.4. The summed E-state index contributed by atoms with van der Waals surface area (Å²) < 4.78 is 0. The molecule has 0 aliphatic carbocycles.